The lowest BCUT2D eigenvalue weighted by Gasteiger charge is -2.29. The fourth-order valence-corrected chi connectivity index (χ4v) is 4.61. The van der Waals surface area contributed by atoms with Gasteiger partial charge in [0.25, 0.3) is 5.60 Å². The molecule has 0 amide bonds. The van der Waals surface area contributed by atoms with E-state index in [2.05, 4.69) is 5.16 Å². The van der Waals surface area contributed by atoms with Crippen LogP contribution in [-0.2, 0) is 10.4 Å². The van der Waals surface area contributed by atoms with Crippen molar-refractivity contribution < 1.29 is 27.9 Å². The molecule has 0 radical (unpaired) electrons. The Kier molecular flexibility index (Phi) is 6.07. The fraction of sp³-hybridized carbons (Fsp3) is 0.130. The van der Waals surface area contributed by atoms with E-state index >= 15 is 0 Å². The summed E-state index contributed by atoms with van der Waals surface area (Å²) < 4.78 is 42.8. The first-order valence-electron chi connectivity index (χ1n) is 9.43. The van der Waals surface area contributed by atoms with Gasteiger partial charge < -0.3 is 9.94 Å². The van der Waals surface area contributed by atoms with Crippen molar-refractivity contribution in [2.24, 2.45) is 5.16 Å². The Morgan fingerprint density at radius 3 is 2.21 bits per heavy atom. The maximum Gasteiger partial charge on any atom is 0.435 e. The number of carboxylic acids is 1. The molecule has 0 aliphatic carbocycles. The largest absolute Gasteiger partial charge is 0.478 e. The third-order valence-electron chi connectivity index (χ3n) is 5.26. The first-order chi connectivity index (χ1) is 15.5. The summed E-state index contributed by atoms with van der Waals surface area (Å²) in [5.74, 6) is -1.23. The van der Waals surface area contributed by atoms with E-state index in [0.717, 1.165) is 12.1 Å². The molecule has 0 aromatic heterocycles. The summed E-state index contributed by atoms with van der Waals surface area (Å²) in [6.07, 6.45) is -5.59. The van der Waals surface area contributed by atoms with Crippen molar-refractivity contribution in [1.82, 2.24) is 0 Å². The molecule has 0 saturated heterocycles. The Labute approximate surface area is 201 Å². The van der Waals surface area contributed by atoms with Crippen LogP contribution in [0.5, 0.6) is 0 Å². The zero-order valence-electron chi connectivity index (χ0n) is 16.5. The van der Waals surface area contributed by atoms with Crippen LogP contribution in [0, 0.1) is 0 Å². The molecule has 10 heteroatoms. The van der Waals surface area contributed by atoms with E-state index in [1.54, 1.807) is 30.3 Å². The minimum Gasteiger partial charge on any atom is -0.478 e. The Morgan fingerprint density at radius 2 is 1.64 bits per heavy atom. The van der Waals surface area contributed by atoms with E-state index in [1.807, 2.05) is 0 Å². The van der Waals surface area contributed by atoms with Crippen molar-refractivity contribution in [2.75, 3.05) is 0 Å². The van der Waals surface area contributed by atoms with Gasteiger partial charge >= 0.3 is 12.1 Å². The molecule has 1 unspecified atom stereocenters. The summed E-state index contributed by atoms with van der Waals surface area (Å²) >= 11 is 18.4. The summed E-state index contributed by atoms with van der Waals surface area (Å²) in [6, 6.07) is 14.6. The van der Waals surface area contributed by atoms with Gasteiger partial charge in [-0.3, -0.25) is 0 Å². The maximum absolute atomic E-state index is 14.3. The smallest absolute Gasteiger partial charge is 0.435 e. The molecule has 1 N–H and O–H groups in total. The van der Waals surface area contributed by atoms with Gasteiger partial charge in [0.15, 0.2) is 0 Å². The number of benzene rings is 3. The van der Waals surface area contributed by atoms with Gasteiger partial charge in [-0.15, -0.1) is 0 Å². The number of oxime groups is 1. The number of halogens is 6. The molecular weight excluding hydrogens is 502 g/mol. The van der Waals surface area contributed by atoms with Crippen molar-refractivity contribution in [3.8, 4) is 11.1 Å². The van der Waals surface area contributed by atoms with Crippen LogP contribution in [-0.4, -0.2) is 23.0 Å². The van der Waals surface area contributed by atoms with Gasteiger partial charge in [0.1, 0.15) is 0 Å². The molecule has 170 valence electrons. The van der Waals surface area contributed by atoms with E-state index in [-0.39, 0.29) is 43.0 Å². The SMILES string of the molecule is O=C(O)c1ccc(C2=NOC(c3cc(Cl)cc(Cl)c3)(C(F)(F)F)C2)c(Cl)c1-c1ccccc1. The second-order valence-electron chi connectivity index (χ2n) is 7.31. The normalized spacial score (nSPS) is 18.1. The summed E-state index contributed by atoms with van der Waals surface area (Å²) in [5, 5.41) is 13.3. The Bertz CT molecular complexity index is 1260. The predicted molar refractivity (Wildman–Crippen MR) is 120 cm³/mol. The summed E-state index contributed by atoms with van der Waals surface area (Å²) in [6.45, 7) is 0. The topological polar surface area (TPSA) is 58.9 Å². The lowest BCUT2D eigenvalue weighted by Crippen LogP contribution is -2.42. The highest BCUT2D eigenvalue weighted by Crippen LogP contribution is 2.50. The van der Waals surface area contributed by atoms with Crippen LogP contribution in [0.4, 0.5) is 13.2 Å². The van der Waals surface area contributed by atoms with Gasteiger partial charge in [0, 0.05) is 26.7 Å². The van der Waals surface area contributed by atoms with Crippen LogP contribution in [0.3, 0.4) is 0 Å². The van der Waals surface area contributed by atoms with E-state index in [1.165, 1.54) is 18.2 Å². The van der Waals surface area contributed by atoms with Crippen LogP contribution in [0.25, 0.3) is 11.1 Å². The standard InChI is InChI=1S/C23H13Cl3F3NO3/c24-14-8-13(9-15(25)10-14)22(23(27,28)29)11-18(30-33-22)16-6-7-17(21(31)32)19(20(16)26)12-4-2-1-3-5-12/h1-10H,11H2,(H,31,32). The number of hydrogen-bond acceptors (Lipinski definition) is 3. The van der Waals surface area contributed by atoms with Crippen LogP contribution in [0.15, 0.2) is 65.8 Å². The Morgan fingerprint density at radius 1 is 1.00 bits per heavy atom. The second-order valence-corrected chi connectivity index (χ2v) is 8.56. The Balaban J connectivity index is 1.84. The highest BCUT2D eigenvalue weighted by molar-refractivity contribution is 6.38. The molecule has 1 atom stereocenters. The quantitative estimate of drug-likeness (QED) is 0.390. The highest BCUT2D eigenvalue weighted by atomic mass is 35.5. The average Bonchev–Trinajstić information content (AvgIpc) is 3.20. The minimum absolute atomic E-state index is 0.00776. The zero-order chi connectivity index (χ0) is 24.0. The van der Waals surface area contributed by atoms with Crippen molar-refractivity contribution in [3.63, 3.8) is 0 Å². The number of nitrogens with zero attached hydrogens (tertiary/aromatic N) is 1. The molecule has 1 heterocycles. The second kappa shape index (κ2) is 8.56. The van der Waals surface area contributed by atoms with Crippen molar-refractivity contribution in [1.29, 1.82) is 0 Å². The summed E-state index contributed by atoms with van der Waals surface area (Å²) in [4.78, 5) is 16.8. The monoisotopic (exact) mass is 513 g/mol. The highest BCUT2D eigenvalue weighted by Gasteiger charge is 2.62. The van der Waals surface area contributed by atoms with Crippen LogP contribution in [0.2, 0.25) is 15.1 Å². The third-order valence-corrected chi connectivity index (χ3v) is 6.09. The molecule has 4 nitrogen and oxygen atoms in total. The number of carbonyl (C=O) groups is 1. The third kappa shape index (κ3) is 4.16. The van der Waals surface area contributed by atoms with Gasteiger partial charge in [-0.1, -0.05) is 76.4 Å². The lowest BCUT2D eigenvalue weighted by molar-refractivity contribution is -0.275. The van der Waals surface area contributed by atoms with Crippen molar-refractivity contribution >= 4 is 46.5 Å². The average molecular weight is 515 g/mol. The first kappa shape index (κ1) is 23.4. The minimum atomic E-state index is -4.87. The van der Waals surface area contributed by atoms with Gasteiger partial charge in [-0.25, -0.2) is 4.79 Å². The first-order valence-corrected chi connectivity index (χ1v) is 10.6. The molecule has 0 saturated carbocycles. The lowest BCUT2D eigenvalue weighted by atomic mass is 9.85. The van der Waals surface area contributed by atoms with Crippen LogP contribution in [0.1, 0.15) is 27.9 Å². The van der Waals surface area contributed by atoms with Gasteiger partial charge in [-0.05, 0) is 29.8 Å². The van der Waals surface area contributed by atoms with Crippen LogP contribution < -0.4 is 0 Å². The number of alkyl halides is 3. The number of carboxylic acid groups (broad SMARTS) is 1. The molecule has 0 spiro atoms. The molecule has 4 rings (SSSR count). The molecule has 33 heavy (non-hydrogen) atoms. The van der Waals surface area contributed by atoms with E-state index in [9.17, 15) is 23.1 Å². The van der Waals surface area contributed by atoms with Gasteiger partial charge in [-0.2, -0.15) is 13.2 Å². The van der Waals surface area contributed by atoms with E-state index in [0.29, 0.717) is 5.56 Å². The van der Waals surface area contributed by atoms with Crippen molar-refractivity contribution in [3.05, 3.63) is 92.4 Å². The molecular formula is C23H13Cl3F3NO3. The van der Waals surface area contributed by atoms with Gasteiger partial charge in [0.05, 0.1) is 22.7 Å². The Hall–Kier alpha value is -2.74. The molecule has 0 bridgehead atoms. The number of hydrogen-bond donors (Lipinski definition) is 1. The molecule has 0 fully saturated rings. The van der Waals surface area contributed by atoms with Crippen molar-refractivity contribution in [2.45, 2.75) is 18.2 Å². The molecule has 3 aromatic rings. The fourth-order valence-electron chi connectivity index (χ4n) is 3.70. The summed E-state index contributed by atoms with van der Waals surface area (Å²) in [5.41, 5.74) is -2.56. The van der Waals surface area contributed by atoms with E-state index < -0.39 is 24.2 Å². The van der Waals surface area contributed by atoms with E-state index in [4.69, 9.17) is 39.6 Å². The van der Waals surface area contributed by atoms with Crippen LogP contribution >= 0.6 is 34.8 Å². The summed E-state index contributed by atoms with van der Waals surface area (Å²) in [7, 11) is 0. The number of aromatic carboxylic acids is 1. The molecule has 1 aliphatic heterocycles. The predicted octanol–water partition coefficient (Wildman–Crippen LogP) is 7.59. The number of rotatable bonds is 4. The maximum atomic E-state index is 14.3. The molecule has 1 aliphatic rings. The van der Waals surface area contributed by atoms with Gasteiger partial charge in [0.2, 0.25) is 0 Å². The zero-order valence-corrected chi connectivity index (χ0v) is 18.7. The molecule has 3 aromatic carbocycles.